The second-order valence-corrected chi connectivity index (χ2v) is 6.48. The molecule has 1 fully saturated rings. The number of nitrogens with zero attached hydrogens (tertiary/aromatic N) is 2. The Hall–Kier alpha value is -1.47. The number of carbonyl (C=O) groups excluding carboxylic acids is 1. The molecule has 1 saturated heterocycles. The Kier molecular flexibility index (Phi) is 4.95. The van der Waals surface area contributed by atoms with Gasteiger partial charge in [-0.05, 0) is 19.4 Å². The molecule has 6 nitrogen and oxygen atoms in total. The van der Waals surface area contributed by atoms with Crippen molar-refractivity contribution in [2.45, 2.75) is 39.7 Å². The van der Waals surface area contributed by atoms with Crippen LogP contribution < -0.4 is 5.32 Å². The molecular weight excluding hydrogens is 290 g/mol. The average Bonchev–Trinajstić information content (AvgIpc) is 2.98. The van der Waals surface area contributed by atoms with Crippen LogP contribution in [0.2, 0.25) is 0 Å². The Morgan fingerprint density at radius 3 is 2.95 bits per heavy atom. The van der Waals surface area contributed by atoms with Crippen LogP contribution in [0.4, 0.5) is 5.13 Å². The lowest BCUT2D eigenvalue weighted by molar-refractivity contribution is -0.148. The Labute approximate surface area is 128 Å². The molecule has 0 bridgehead atoms. The van der Waals surface area contributed by atoms with Crippen molar-refractivity contribution in [2.24, 2.45) is 5.41 Å². The van der Waals surface area contributed by atoms with Crippen LogP contribution in [0.1, 0.15) is 38.8 Å². The fourth-order valence-electron chi connectivity index (χ4n) is 2.87. The van der Waals surface area contributed by atoms with Gasteiger partial charge in [0.1, 0.15) is 0 Å². The van der Waals surface area contributed by atoms with Crippen LogP contribution >= 0.6 is 11.3 Å². The summed E-state index contributed by atoms with van der Waals surface area (Å²) in [6.07, 6.45) is 2.29. The van der Waals surface area contributed by atoms with Gasteiger partial charge in [0, 0.05) is 25.4 Å². The van der Waals surface area contributed by atoms with Crippen molar-refractivity contribution in [2.75, 3.05) is 18.4 Å². The molecule has 0 spiro atoms. The number of likely N-dealkylation sites (tertiary alicyclic amines) is 1. The summed E-state index contributed by atoms with van der Waals surface area (Å²) < 4.78 is 0. The second kappa shape index (κ2) is 6.53. The molecule has 0 saturated carbocycles. The standard InChI is InChI=1S/C14H21N3O3S/c1-3-4-14(12(19)20)5-6-17(9-14)7-11-8-21-13(16-11)15-10(2)18/h8H,3-7,9H2,1-2H3,(H,19,20)(H,15,16,18). The molecule has 1 aliphatic heterocycles. The SMILES string of the molecule is CCCC1(C(=O)O)CCN(Cc2csc(NC(C)=O)n2)C1. The van der Waals surface area contributed by atoms with E-state index in [1.165, 1.54) is 18.3 Å². The van der Waals surface area contributed by atoms with Gasteiger partial charge in [-0.1, -0.05) is 13.3 Å². The number of hydrogen-bond donors (Lipinski definition) is 2. The van der Waals surface area contributed by atoms with Crippen LogP contribution in [0.5, 0.6) is 0 Å². The van der Waals surface area contributed by atoms with E-state index in [9.17, 15) is 14.7 Å². The predicted octanol–water partition coefficient (Wildman–Crippen LogP) is 2.18. The minimum absolute atomic E-state index is 0.134. The van der Waals surface area contributed by atoms with Gasteiger partial charge in [-0.2, -0.15) is 0 Å². The van der Waals surface area contributed by atoms with Gasteiger partial charge in [-0.25, -0.2) is 4.98 Å². The molecule has 0 radical (unpaired) electrons. The van der Waals surface area contributed by atoms with E-state index in [0.717, 1.165) is 18.7 Å². The number of carboxylic acid groups (broad SMARTS) is 1. The van der Waals surface area contributed by atoms with Crippen LogP contribution in [0.25, 0.3) is 0 Å². The number of anilines is 1. The number of thiazole rings is 1. The maximum absolute atomic E-state index is 11.5. The molecule has 0 aromatic carbocycles. The minimum atomic E-state index is -0.691. The Morgan fingerprint density at radius 2 is 2.33 bits per heavy atom. The summed E-state index contributed by atoms with van der Waals surface area (Å²) in [6, 6.07) is 0. The van der Waals surface area contributed by atoms with Gasteiger partial charge in [0.2, 0.25) is 5.91 Å². The molecule has 2 rings (SSSR count). The van der Waals surface area contributed by atoms with Crippen LogP contribution in [0.3, 0.4) is 0 Å². The van der Waals surface area contributed by atoms with E-state index in [0.29, 0.717) is 31.1 Å². The molecule has 116 valence electrons. The Balaban J connectivity index is 1.97. The van der Waals surface area contributed by atoms with Gasteiger partial charge in [0.15, 0.2) is 5.13 Å². The van der Waals surface area contributed by atoms with Crippen molar-refractivity contribution in [1.82, 2.24) is 9.88 Å². The minimum Gasteiger partial charge on any atom is -0.481 e. The van der Waals surface area contributed by atoms with Crippen LogP contribution in [-0.4, -0.2) is 40.0 Å². The molecule has 1 atom stereocenters. The Morgan fingerprint density at radius 1 is 1.57 bits per heavy atom. The van der Waals surface area contributed by atoms with Crippen molar-refractivity contribution < 1.29 is 14.7 Å². The zero-order chi connectivity index (χ0) is 15.5. The topological polar surface area (TPSA) is 82.5 Å². The number of aromatic nitrogens is 1. The van der Waals surface area contributed by atoms with Gasteiger partial charge in [-0.3, -0.25) is 14.5 Å². The third kappa shape index (κ3) is 3.79. The smallest absolute Gasteiger partial charge is 0.310 e. The third-order valence-electron chi connectivity index (χ3n) is 3.84. The monoisotopic (exact) mass is 311 g/mol. The largest absolute Gasteiger partial charge is 0.481 e. The molecule has 1 unspecified atom stereocenters. The fraction of sp³-hybridized carbons (Fsp3) is 0.643. The number of amides is 1. The highest BCUT2D eigenvalue weighted by molar-refractivity contribution is 7.13. The highest BCUT2D eigenvalue weighted by Crippen LogP contribution is 2.36. The first-order valence-corrected chi connectivity index (χ1v) is 8.01. The number of rotatable bonds is 6. The Bertz CT molecular complexity index is 531. The van der Waals surface area contributed by atoms with Gasteiger partial charge in [-0.15, -0.1) is 11.3 Å². The highest BCUT2D eigenvalue weighted by atomic mass is 32.1. The van der Waals surface area contributed by atoms with Gasteiger partial charge < -0.3 is 10.4 Å². The first-order chi connectivity index (χ1) is 9.95. The van der Waals surface area contributed by atoms with E-state index in [2.05, 4.69) is 15.2 Å². The first kappa shape index (κ1) is 15.9. The van der Waals surface area contributed by atoms with Crippen LogP contribution in [0, 0.1) is 5.41 Å². The number of aliphatic carboxylic acids is 1. The zero-order valence-corrected chi connectivity index (χ0v) is 13.2. The first-order valence-electron chi connectivity index (χ1n) is 7.13. The summed E-state index contributed by atoms with van der Waals surface area (Å²) in [7, 11) is 0. The lowest BCUT2D eigenvalue weighted by atomic mass is 9.83. The quantitative estimate of drug-likeness (QED) is 0.841. The maximum atomic E-state index is 11.5. The van der Waals surface area contributed by atoms with Crippen molar-refractivity contribution in [1.29, 1.82) is 0 Å². The predicted molar refractivity (Wildman–Crippen MR) is 81.3 cm³/mol. The van der Waals surface area contributed by atoms with E-state index in [1.54, 1.807) is 0 Å². The average molecular weight is 311 g/mol. The van der Waals surface area contributed by atoms with Crippen LogP contribution in [-0.2, 0) is 16.1 Å². The van der Waals surface area contributed by atoms with Crippen molar-refractivity contribution in [3.63, 3.8) is 0 Å². The van der Waals surface area contributed by atoms with Gasteiger partial charge in [0.05, 0.1) is 11.1 Å². The molecule has 0 aliphatic carbocycles. The summed E-state index contributed by atoms with van der Waals surface area (Å²) >= 11 is 1.39. The summed E-state index contributed by atoms with van der Waals surface area (Å²) in [4.78, 5) is 29.0. The van der Waals surface area contributed by atoms with Gasteiger partial charge in [0.25, 0.3) is 0 Å². The molecule has 1 aromatic rings. The highest BCUT2D eigenvalue weighted by Gasteiger charge is 2.43. The molecule has 1 aliphatic rings. The van der Waals surface area contributed by atoms with E-state index in [4.69, 9.17) is 0 Å². The number of hydrogen-bond acceptors (Lipinski definition) is 5. The number of nitrogens with one attached hydrogen (secondary N) is 1. The maximum Gasteiger partial charge on any atom is 0.310 e. The number of carboxylic acids is 1. The number of carbonyl (C=O) groups is 2. The lowest BCUT2D eigenvalue weighted by Crippen LogP contribution is -2.34. The second-order valence-electron chi connectivity index (χ2n) is 5.62. The molecular formula is C14H21N3O3S. The van der Waals surface area contributed by atoms with Gasteiger partial charge >= 0.3 is 5.97 Å². The normalized spacial score (nSPS) is 22.4. The molecule has 2 N–H and O–H groups in total. The van der Waals surface area contributed by atoms with Crippen LogP contribution in [0.15, 0.2) is 5.38 Å². The third-order valence-corrected chi connectivity index (χ3v) is 4.64. The molecule has 21 heavy (non-hydrogen) atoms. The molecule has 7 heteroatoms. The molecule has 1 amide bonds. The fourth-order valence-corrected chi connectivity index (χ4v) is 3.62. The van der Waals surface area contributed by atoms with Crippen molar-refractivity contribution in [3.8, 4) is 0 Å². The summed E-state index contributed by atoms with van der Waals surface area (Å²) in [5, 5.41) is 14.7. The van der Waals surface area contributed by atoms with Crippen molar-refractivity contribution in [3.05, 3.63) is 11.1 Å². The molecule has 2 heterocycles. The lowest BCUT2D eigenvalue weighted by Gasteiger charge is -2.24. The summed E-state index contributed by atoms with van der Waals surface area (Å²) in [5.74, 6) is -0.825. The summed E-state index contributed by atoms with van der Waals surface area (Å²) in [5.41, 5.74) is 0.270. The van der Waals surface area contributed by atoms with E-state index < -0.39 is 11.4 Å². The summed E-state index contributed by atoms with van der Waals surface area (Å²) in [6.45, 7) is 5.46. The van der Waals surface area contributed by atoms with E-state index >= 15 is 0 Å². The van der Waals surface area contributed by atoms with E-state index in [1.807, 2.05) is 12.3 Å². The molecule has 1 aromatic heterocycles. The van der Waals surface area contributed by atoms with E-state index in [-0.39, 0.29) is 5.91 Å². The van der Waals surface area contributed by atoms with Crippen molar-refractivity contribution >= 4 is 28.3 Å². The zero-order valence-electron chi connectivity index (χ0n) is 12.4.